The summed E-state index contributed by atoms with van der Waals surface area (Å²) in [6.45, 7) is 2.08. The fourth-order valence-corrected chi connectivity index (χ4v) is 2.79. The van der Waals surface area contributed by atoms with Gasteiger partial charge in [0.25, 0.3) is 5.91 Å². The van der Waals surface area contributed by atoms with Gasteiger partial charge in [0.2, 0.25) is 0 Å². The summed E-state index contributed by atoms with van der Waals surface area (Å²) in [7, 11) is 0. The number of anilines is 2. The standard InChI is InChI=1S/C18H18N2O4/c21-16-8-5-13(11-15(16)18(23)24)19-17(22)12-3-6-14(7-4-12)20-9-1-2-10-20/h3-8,11,21H,1-2,9-10H2,(H,19,22)(H,23,24). The van der Waals surface area contributed by atoms with Crippen LogP contribution in [0.3, 0.4) is 0 Å². The summed E-state index contributed by atoms with van der Waals surface area (Å²) in [5.74, 6) is -1.92. The van der Waals surface area contributed by atoms with Crippen LogP contribution in [0.1, 0.15) is 33.6 Å². The second kappa shape index (κ2) is 6.62. The molecule has 0 saturated carbocycles. The number of amides is 1. The van der Waals surface area contributed by atoms with Gasteiger partial charge in [-0.1, -0.05) is 0 Å². The van der Waals surface area contributed by atoms with Crippen molar-refractivity contribution < 1.29 is 19.8 Å². The minimum Gasteiger partial charge on any atom is -0.507 e. The molecule has 124 valence electrons. The van der Waals surface area contributed by atoms with E-state index < -0.39 is 5.97 Å². The van der Waals surface area contributed by atoms with Crippen LogP contribution in [0.15, 0.2) is 42.5 Å². The van der Waals surface area contributed by atoms with Crippen molar-refractivity contribution in [1.29, 1.82) is 0 Å². The van der Waals surface area contributed by atoms with E-state index in [1.54, 1.807) is 12.1 Å². The van der Waals surface area contributed by atoms with Crippen LogP contribution in [0.2, 0.25) is 0 Å². The first-order valence-corrected chi connectivity index (χ1v) is 7.77. The molecule has 1 aliphatic rings. The predicted octanol–water partition coefficient (Wildman–Crippen LogP) is 2.94. The van der Waals surface area contributed by atoms with Crippen LogP contribution in [-0.2, 0) is 0 Å². The summed E-state index contributed by atoms with van der Waals surface area (Å²) >= 11 is 0. The summed E-state index contributed by atoms with van der Waals surface area (Å²) in [6, 6.07) is 11.3. The van der Waals surface area contributed by atoms with E-state index in [-0.39, 0.29) is 17.2 Å². The molecule has 1 saturated heterocycles. The van der Waals surface area contributed by atoms with Crippen LogP contribution in [0.5, 0.6) is 5.75 Å². The number of nitrogens with zero attached hydrogens (tertiary/aromatic N) is 1. The van der Waals surface area contributed by atoms with Crippen molar-refractivity contribution in [2.45, 2.75) is 12.8 Å². The molecule has 3 rings (SSSR count). The predicted molar refractivity (Wildman–Crippen MR) is 90.9 cm³/mol. The Kier molecular flexibility index (Phi) is 4.37. The van der Waals surface area contributed by atoms with Gasteiger partial charge < -0.3 is 20.4 Å². The first-order valence-electron chi connectivity index (χ1n) is 7.77. The van der Waals surface area contributed by atoms with E-state index >= 15 is 0 Å². The number of phenols is 1. The van der Waals surface area contributed by atoms with Gasteiger partial charge in [0.1, 0.15) is 11.3 Å². The summed E-state index contributed by atoms with van der Waals surface area (Å²) in [5.41, 5.74) is 1.65. The van der Waals surface area contributed by atoms with Crippen LogP contribution in [0.4, 0.5) is 11.4 Å². The number of carbonyl (C=O) groups excluding carboxylic acids is 1. The Morgan fingerprint density at radius 2 is 1.67 bits per heavy atom. The van der Waals surface area contributed by atoms with Crippen molar-refractivity contribution in [3.8, 4) is 5.75 Å². The number of carboxylic acids is 1. The van der Waals surface area contributed by atoms with Crippen molar-refractivity contribution in [2.24, 2.45) is 0 Å². The smallest absolute Gasteiger partial charge is 0.339 e. The zero-order chi connectivity index (χ0) is 17.1. The van der Waals surface area contributed by atoms with Gasteiger partial charge in [0, 0.05) is 30.0 Å². The SMILES string of the molecule is O=C(Nc1ccc(O)c(C(=O)O)c1)c1ccc(N2CCCC2)cc1. The number of nitrogens with one attached hydrogen (secondary N) is 1. The molecule has 1 aliphatic heterocycles. The second-order valence-corrected chi connectivity index (χ2v) is 5.73. The number of aromatic carboxylic acids is 1. The van der Waals surface area contributed by atoms with Gasteiger partial charge in [-0.05, 0) is 55.3 Å². The van der Waals surface area contributed by atoms with Gasteiger partial charge in [-0.15, -0.1) is 0 Å². The normalized spacial score (nSPS) is 13.8. The first-order chi connectivity index (χ1) is 11.5. The van der Waals surface area contributed by atoms with E-state index in [0.717, 1.165) is 18.8 Å². The molecular formula is C18H18N2O4. The zero-order valence-corrected chi connectivity index (χ0v) is 13.0. The molecule has 1 amide bonds. The third kappa shape index (κ3) is 3.32. The largest absolute Gasteiger partial charge is 0.507 e. The van der Waals surface area contributed by atoms with E-state index in [4.69, 9.17) is 5.11 Å². The summed E-state index contributed by atoms with van der Waals surface area (Å²) < 4.78 is 0. The molecule has 0 aliphatic carbocycles. The van der Waals surface area contributed by atoms with Crippen molar-refractivity contribution in [3.63, 3.8) is 0 Å². The average Bonchev–Trinajstić information content (AvgIpc) is 3.11. The summed E-state index contributed by atoms with van der Waals surface area (Å²) in [6.07, 6.45) is 2.38. The molecule has 0 spiro atoms. The molecule has 0 atom stereocenters. The Balaban J connectivity index is 1.72. The Morgan fingerprint density at radius 1 is 1.00 bits per heavy atom. The number of rotatable bonds is 4. The highest BCUT2D eigenvalue weighted by Gasteiger charge is 2.14. The van der Waals surface area contributed by atoms with Crippen molar-refractivity contribution in [2.75, 3.05) is 23.3 Å². The molecule has 0 aromatic heterocycles. The lowest BCUT2D eigenvalue weighted by atomic mass is 10.1. The van der Waals surface area contributed by atoms with E-state index in [1.165, 1.54) is 31.0 Å². The quantitative estimate of drug-likeness (QED) is 0.752. The number of carbonyl (C=O) groups is 2. The fourth-order valence-electron chi connectivity index (χ4n) is 2.79. The maximum Gasteiger partial charge on any atom is 0.339 e. The molecule has 3 N–H and O–H groups in total. The molecule has 0 radical (unpaired) electrons. The highest BCUT2D eigenvalue weighted by atomic mass is 16.4. The molecule has 24 heavy (non-hydrogen) atoms. The van der Waals surface area contributed by atoms with Crippen molar-refractivity contribution in [1.82, 2.24) is 0 Å². The average molecular weight is 326 g/mol. The molecular weight excluding hydrogens is 308 g/mol. The maximum absolute atomic E-state index is 12.3. The third-order valence-electron chi connectivity index (χ3n) is 4.09. The fraction of sp³-hybridized carbons (Fsp3) is 0.222. The van der Waals surface area contributed by atoms with Crippen LogP contribution in [-0.4, -0.2) is 35.2 Å². The van der Waals surface area contributed by atoms with Gasteiger partial charge in [0.05, 0.1) is 0 Å². The van der Waals surface area contributed by atoms with Crippen molar-refractivity contribution in [3.05, 3.63) is 53.6 Å². The summed E-state index contributed by atoms with van der Waals surface area (Å²) in [4.78, 5) is 25.6. The Morgan fingerprint density at radius 3 is 2.29 bits per heavy atom. The minimum atomic E-state index is -1.25. The highest BCUT2D eigenvalue weighted by molar-refractivity contribution is 6.05. The minimum absolute atomic E-state index is 0.253. The number of benzene rings is 2. The molecule has 6 heteroatoms. The van der Waals surface area contributed by atoms with E-state index in [0.29, 0.717) is 11.3 Å². The molecule has 0 unspecified atom stereocenters. The van der Waals surface area contributed by atoms with Gasteiger partial charge >= 0.3 is 5.97 Å². The first kappa shape index (κ1) is 15.9. The molecule has 2 aromatic carbocycles. The molecule has 6 nitrogen and oxygen atoms in total. The highest BCUT2D eigenvalue weighted by Crippen LogP contribution is 2.23. The number of hydrogen-bond donors (Lipinski definition) is 3. The van der Waals surface area contributed by atoms with Crippen LogP contribution >= 0.6 is 0 Å². The van der Waals surface area contributed by atoms with Gasteiger partial charge in [-0.25, -0.2) is 4.79 Å². The maximum atomic E-state index is 12.3. The van der Waals surface area contributed by atoms with E-state index in [2.05, 4.69) is 10.2 Å². The lowest BCUT2D eigenvalue weighted by Crippen LogP contribution is -2.18. The molecule has 0 bridgehead atoms. The molecule has 1 heterocycles. The lowest BCUT2D eigenvalue weighted by molar-refractivity contribution is 0.0693. The van der Waals surface area contributed by atoms with Crippen LogP contribution in [0, 0.1) is 0 Å². The van der Waals surface area contributed by atoms with Gasteiger partial charge in [-0.3, -0.25) is 4.79 Å². The number of aromatic hydroxyl groups is 1. The van der Waals surface area contributed by atoms with Gasteiger partial charge in [-0.2, -0.15) is 0 Å². The monoisotopic (exact) mass is 326 g/mol. The zero-order valence-electron chi connectivity index (χ0n) is 13.0. The van der Waals surface area contributed by atoms with Crippen LogP contribution in [0.25, 0.3) is 0 Å². The number of carboxylic acid groups (broad SMARTS) is 1. The van der Waals surface area contributed by atoms with E-state index in [1.807, 2.05) is 12.1 Å². The van der Waals surface area contributed by atoms with Crippen LogP contribution < -0.4 is 10.2 Å². The van der Waals surface area contributed by atoms with Crippen molar-refractivity contribution >= 4 is 23.3 Å². The van der Waals surface area contributed by atoms with Gasteiger partial charge in [0.15, 0.2) is 0 Å². The topological polar surface area (TPSA) is 89.9 Å². The molecule has 2 aromatic rings. The Bertz CT molecular complexity index is 765. The van der Waals surface area contributed by atoms with E-state index in [9.17, 15) is 14.7 Å². The number of hydrogen-bond acceptors (Lipinski definition) is 4. The second-order valence-electron chi connectivity index (χ2n) is 5.73. The molecule has 1 fully saturated rings. The summed E-state index contributed by atoms with van der Waals surface area (Å²) in [5, 5.41) is 21.1. The lowest BCUT2D eigenvalue weighted by Gasteiger charge is -2.17. The third-order valence-corrected chi connectivity index (χ3v) is 4.09. The Labute approximate surface area is 139 Å². The Hall–Kier alpha value is -3.02.